The average molecular weight is 305 g/mol. The molecule has 6 nitrogen and oxygen atoms in total. The SMILES string of the molecule is CN(C)[C@H]1CCCN(c2cc(N[C@@H]3CCCOC3)ncn2)C1. The van der Waals surface area contributed by atoms with Crippen molar-refractivity contribution in [1.82, 2.24) is 14.9 Å². The van der Waals surface area contributed by atoms with Crippen molar-refractivity contribution in [2.24, 2.45) is 0 Å². The van der Waals surface area contributed by atoms with E-state index >= 15 is 0 Å². The van der Waals surface area contributed by atoms with Crippen LogP contribution in [0.4, 0.5) is 11.6 Å². The average Bonchev–Trinajstić information content (AvgIpc) is 2.56. The van der Waals surface area contributed by atoms with Gasteiger partial charge in [-0.25, -0.2) is 9.97 Å². The standard InChI is InChI=1S/C16H27N5O/c1-20(2)14-6-3-7-21(10-14)16-9-15(17-12-18-16)19-13-5-4-8-22-11-13/h9,12-14H,3-8,10-11H2,1-2H3,(H,17,18,19)/t13-,14+/m1/s1. The van der Waals surface area contributed by atoms with Gasteiger partial charge in [0.25, 0.3) is 0 Å². The summed E-state index contributed by atoms with van der Waals surface area (Å²) in [6, 6.07) is 3.05. The maximum absolute atomic E-state index is 5.52. The van der Waals surface area contributed by atoms with E-state index in [2.05, 4.69) is 45.2 Å². The van der Waals surface area contributed by atoms with Crippen molar-refractivity contribution in [3.63, 3.8) is 0 Å². The molecule has 22 heavy (non-hydrogen) atoms. The Kier molecular flexibility index (Phi) is 5.10. The van der Waals surface area contributed by atoms with Gasteiger partial charge in [-0.2, -0.15) is 0 Å². The zero-order valence-electron chi connectivity index (χ0n) is 13.7. The highest BCUT2D eigenvalue weighted by atomic mass is 16.5. The van der Waals surface area contributed by atoms with Crippen LogP contribution in [0.5, 0.6) is 0 Å². The van der Waals surface area contributed by atoms with E-state index in [1.165, 1.54) is 12.8 Å². The van der Waals surface area contributed by atoms with Gasteiger partial charge in [-0.15, -0.1) is 0 Å². The van der Waals surface area contributed by atoms with E-state index in [0.717, 1.165) is 50.8 Å². The fourth-order valence-corrected chi connectivity index (χ4v) is 3.25. The third kappa shape index (κ3) is 3.87. The first-order chi connectivity index (χ1) is 10.7. The van der Waals surface area contributed by atoms with Crippen LogP contribution in [0.25, 0.3) is 0 Å². The maximum atomic E-state index is 5.52. The topological polar surface area (TPSA) is 53.5 Å². The Hall–Kier alpha value is -1.40. The molecule has 2 aliphatic rings. The van der Waals surface area contributed by atoms with E-state index in [1.807, 2.05) is 0 Å². The number of hydrogen-bond donors (Lipinski definition) is 1. The molecule has 0 aromatic carbocycles. The highest BCUT2D eigenvalue weighted by molar-refractivity contribution is 5.49. The lowest BCUT2D eigenvalue weighted by Gasteiger charge is -2.36. The van der Waals surface area contributed by atoms with Crippen LogP contribution in [0.1, 0.15) is 25.7 Å². The predicted molar refractivity (Wildman–Crippen MR) is 88.4 cm³/mol. The normalized spacial score (nSPS) is 26.2. The summed E-state index contributed by atoms with van der Waals surface area (Å²) in [6.45, 7) is 3.77. The van der Waals surface area contributed by atoms with Crippen LogP contribution in [0, 0.1) is 0 Å². The highest BCUT2D eigenvalue weighted by Crippen LogP contribution is 2.22. The number of ether oxygens (including phenoxy) is 1. The zero-order chi connectivity index (χ0) is 15.4. The van der Waals surface area contributed by atoms with Gasteiger partial charge in [0.15, 0.2) is 0 Å². The number of piperidine rings is 1. The quantitative estimate of drug-likeness (QED) is 0.912. The Morgan fingerprint density at radius 1 is 1.27 bits per heavy atom. The molecule has 0 bridgehead atoms. The third-order valence-corrected chi connectivity index (χ3v) is 4.62. The van der Waals surface area contributed by atoms with E-state index < -0.39 is 0 Å². The molecule has 0 spiro atoms. The van der Waals surface area contributed by atoms with Crippen LogP contribution in [0.15, 0.2) is 12.4 Å². The molecule has 2 fully saturated rings. The van der Waals surface area contributed by atoms with Crippen LogP contribution in [-0.2, 0) is 4.74 Å². The zero-order valence-corrected chi connectivity index (χ0v) is 13.7. The summed E-state index contributed by atoms with van der Waals surface area (Å²) in [5, 5.41) is 3.48. The largest absolute Gasteiger partial charge is 0.379 e. The summed E-state index contributed by atoms with van der Waals surface area (Å²) in [5.74, 6) is 1.94. The smallest absolute Gasteiger partial charge is 0.134 e. The predicted octanol–water partition coefficient (Wildman–Crippen LogP) is 1.60. The molecule has 2 saturated heterocycles. The number of anilines is 2. The van der Waals surface area contributed by atoms with Crippen molar-refractivity contribution < 1.29 is 4.74 Å². The second-order valence-electron chi connectivity index (χ2n) is 6.53. The molecular weight excluding hydrogens is 278 g/mol. The first-order valence-electron chi connectivity index (χ1n) is 8.30. The Morgan fingerprint density at radius 2 is 2.18 bits per heavy atom. The van der Waals surface area contributed by atoms with Gasteiger partial charge in [-0.3, -0.25) is 0 Å². The summed E-state index contributed by atoms with van der Waals surface area (Å²) in [4.78, 5) is 13.5. The van der Waals surface area contributed by atoms with Crippen molar-refractivity contribution in [1.29, 1.82) is 0 Å². The number of nitrogens with one attached hydrogen (secondary N) is 1. The van der Waals surface area contributed by atoms with E-state index in [9.17, 15) is 0 Å². The number of rotatable bonds is 4. The number of aromatic nitrogens is 2. The first kappa shape index (κ1) is 15.5. The second-order valence-corrected chi connectivity index (χ2v) is 6.53. The minimum absolute atomic E-state index is 0.368. The Labute approximate surface area is 132 Å². The first-order valence-corrected chi connectivity index (χ1v) is 8.30. The summed E-state index contributed by atoms with van der Waals surface area (Å²) < 4.78 is 5.52. The molecule has 0 radical (unpaired) electrons. The fraction of sp³-hybridized carbons (Fsp3) is 0.750. The van der Waals surface area contributed by atoms with Crippen molar-refractivity contribution in [3.8, 4) is 0 Å². The molecule has 2 aliphatic heterocycles. The lowest BCUT2D eigenvalue weighted by Crippen LogP contribution is -2.45. The second kappa shape index (κ2) is 7.24. The van der Waals surface area contributed by atoms with E-state index in [4.69, 9.17) is 4.74 Å². The van der Waals surface area contributed by atoms with Gasteiger partial charge < -0.3 is 19.9 Å². The summed E-state index contributed by atoms with van der Waals surface area (Å²) in [7, 11) is 4.31. The van der Waals surface area contributed by atoms with Gasteiger partial charge in [-0.05, 0) is 39.8 Å². The summed E-state index contributed by atoms with van der Waals surface area (Å²) >= 11 is 0. The molecule has 0 aliphatic carbocycles. The molecule has 3 rings (SSSR count). The lowest BCUT2D eigenvalue weighted by molar-refractivity contribution is 0.0875. The molecule has 1 aromatic rings. The minimum Gasteiger partial charge on any atom is -0.379 e. The molecule has 122 valence electrons. The maximum Gasteiger partial charge on any atom is 0.134 e. The molecule has 0 unspecified atom stereocenters. The van der Waals surface area contributed by atoms with Crippen LogP contribution in [-0.4, -0.2) is 67.4 Å². The number of hydrogen-bond acceptors (Lipinski definition) is 6. The third-order valence-electron chi connectivity index (χ3n) is 4.62. The van der Waals surface area contributed by atoms with Crippen LogP contribution in [0.2, 0.25) is 0 Å². The van der Waals surface area contributed by atoms with Crippen molar-refractivity contribution >= 4 is 11.6 Å². The van der Waals surface area contributed by atoms with Crippen LogP contribution < -0.4 is 10.2 Å². The Bertz CT molecular complexity index is 475. The number of nitrogens with zero attached hydrogens (tertiary/aromatic N) is 4. The number of likely N-dealkylation sites (N-methyl/N-ethyl adjacent to an activating group) is 1. The molecule has 6 heteroatoms. The molecule has 0 amide bonds. The van der Waals surface area contributed by atoms with Crippen LogP contribution in [0.3, 0.4) is 0 Å². The van der Waals surface area contributed by atoms with Gasteiger partial charge in [0.2, 0.25) is 0 Å². The summed E-state index contributed by atoms with van der Waals surface area (Å²) in [5.41, 5.74) is 0. The van der Waals surface area contributed by atoms with Gasteiger partial charge in [0.1, 0.15) is 18.0 Å². The molecule has 3 heterocycles. The van der Waals surface area contributed by atoms with E-state index in [1.54, 1.807) is 6.33 Å². The molecular formula is C16H27N5O. The van der Waals surface area contributed by atoms with Gasteiger partial charge >= 0.3 is 0 Å². The monoisotopic (exact) mass is 305 g/mol. The molecule has 2 atom stereocenters. The Balaban J connectivity index is 1.65. The Morgan fingerprint density at radius 3 is 2.95 bits per heavy atom. The van der Waals surface area contributed by atoms with Crippen molar-refractivity contribution in [2.45, 2.75) is 37.8 Å². The van der Waals surface area contributed by atoms with E-state index in [-0.39, 0.29) is 0 Å². The van der Waals surface area contributed by atoms with E-state index in [0.29, 0.717) is 12.1 Å². The van der Waals surface area contributed by atoms with Gasteiger partial charge in [0, 0.05) is 31.8 Å². The molecule has 1 N–H and O–H groups in total. The summed E-state index contributed by atoms with van der Waals surface area (Å²) in [6.07, 6.45) is 6.41. The minimum atomic E-state index is 0.368. The highest BCUT2D eigenvalue weighted by Gasteiger charge is 2.23. The molecule has 1 aromatic heterocycles. The lowest BCUT2D eigenvalue weighted by atomic mass is 10.1. The van der Waals surface area contributed by atoms with Gasteiger partial charge in [-0.1, -0.05) is 0 Å². The molecule has 0 saturated carbocycles. The van der Waals surface area contributed by atoms with Crippen LogP contribution >= 0.6 is 0 Å². The van der Waals surface area contributed by atoms with Gasteiger partial charge in [0.05, 0.1) is 12.6 Å². The van der Waals surface area contributed by atoms with Crippen molar-refractivity contribution in [2.75, 3.05) is 50.6 Å². The fourth-order valence-electron chi connectivity index (χ4n) is 3.25. The van der Waals surface area contributed by atoms with Crippen molar-refractivity contribution in [3.05, 3.63) is 12.4 Å².